The first-order valence-electron chi connectivity index (χ1n) is 3.10. The number of carbonyl (C=O) groups excluding carboxylic acids is 2. The van der Waals surface area contributed by atoms with Gasteiger partial charge in [0.15, 0.2) is 0 Å². The van der Waals surface area contributed by atoms with E-state index in [4.69, 9.17) is 4.79 Å². The van der Waals surface area contributed by atoms with E-state index in [1.165, 1.54) is 4.90 Å². The molecule has 0 heterocycles. The Morgan fingerprint density at radius 1 is 1.33 bits per heavy atom. The van der Waals surface area contributed by atoms with Gasteiger partial charge in [0.05, 0.1) is 0 Å². The van der Waals surface area contributed by atoms with Gasteiger partial charge < -0.3 is 15.5 Å². The topological polar surface area (TPSA) is 61.4 Å². The van der Waals surface area contributed by atoms with Crippen molar-refractivity contribution in [2.75, 3.05) is 28.2 Å². The molecule has 0 spiro atoms. The van der Waals surface area contributed by atoms with Gasteiger partial charge in [-0.25, -0.2) is 4.79 Å². The fraction of sp³-hybridized carbons (Fsp3) is 0.714. The second-order valence-electron chi connectivity index (χ2n) is 1.86. The van der Waals surface area contributed by atoms with Crippen molar-refractivity contribution in [1.82, 2.24) is 15.5 Å². The molecule has 0 aromatic heterocycles. The Labute approximate surface area is 74.1 Å². The van der Waals surface area contributed by atoms with Gasteiger partial charge in [0, 0.05) is 28.2 Å². The van der Waals surface area contributed by atoms with E-state index in [0.717, 1.165) is 0 Å². The molecule has 0 bridgehead atoms. The summed E-state index contributed by atoms with van der Waals surface area (Å²) in [6, 6.07) is -0.0694. The van der Waals surface area contributed by atoms with Crippen LogP contribution in [0.3, 0.4) is 0 Å². The molecular weight excluding hydrogens is 158 g/mol. The molecule has 0 saturated heterocycles. The molecule has 0 radical (unpaired) electrons. The molecule has 0 unspecified atom stereocenters. The van der Waals surface area contributed by atoms with Crippen LogP contribution in [0.15, 0.2) is 0 Å². The Kier molecular flexibility index (Phi) is 17.6. The van der Waals surface area contributed by atoms with E-state index in [2.05, 4.69) is 10.6 Å². The fourth-order valence-electron chi connectivity index (χ4n) is 0.224. The maximum atomic E-state index is 10.3. The number of urea groups is 1. The lowest BCUT2D eigenvalue weighted by molar-refractivity contribution is -0.109. The lowest BCUT2D eigenvalue weighted by atomic mass is 10.8. The average Bonchev–Trinajstić information content (AvgIpc) is 2.03. The summed E-state index contributed by atoms with van der Waals surface area (Å²) < 4.78 is 0. The second-order valence-corrected chi connectivity index (χ2v) is 1.86. The van der Waals surface area contributed by atoms with Crippen LogP contribution in [0.1, 0.15) is 7.43 Å². The Morgan fingerprint density at radius 3 is 1.67 bits per heavy atom. The van der Waals surface area contributed by atoms with Gasteiger partial charge in [-0.15, -0.1) is 0 Å². The zero-order valence-electron chi connectivity index (χ0n) is 7.34. The Bertz CT molecular complexity index is 115. The summed E-state index contributed by atoms with van der Waals surface area (Å²) in [5.41, 5.74) is 0. The SMILES string of the molecule is C.CNC(=O)N(C)C.CNC=O. The molecule has 0 saturated carbocycles. The molecule has 0 fully saturated rings. The van der Waals surface area contributed by atoms with E-state index in [9.17, 15) is 4.79 Å². The van der Waals surface area contributed by atoms with Gasteiger partial charge >= 0.3 is 6.03 Å². The lowest BCUT2D eigenvalue weighted by Crippen LogP contribution is -2.31. The molecule has 0 aromatic rings. The van der Waals surface area contributed by atoms with Crippen molar-refractivity contribution >= 4 is 12.4 Å². The number of nitrogens with one attached hydrogen (secondary N) is 2. The number of rotatable bonds is 1. The highest BCUT2D eigenvalue weighted by atomic mass is 16.2. The molecule has 5 heteroatoms. The van der Waals surface area contributed by atoms with Gasteiger partial charge in [-0.05, 0) is 0 Å². The maximum Gasteiger partial charge on any atom is 0.316 e. The molecule has 0 aliphatic rings. The smallest absolute Gasteiger partial charge is 0.316 e. The Hall–Kier alpha value is -1.26. The minimum Gasteiger partial charge on any atom is -0.362 e. The van der Waals surface area contributed by atoms with Crippen molar-refractivity contribution < 1.29 is 9.59 Å². The highest BCUT2D eigenvalue weighted by Gasteiger charge is 1.94. The summed E-state index contributed by atoms with van der Waals surface area (Å²) in [5.74, 6) is 0. The Morgan fingerprint density at radius 2 is 1.67 bits per heavy atom. The first-order chi connectivity index (χ1) is 5.09. The van der Waals surface area contributed by atoms with E-state index in [1.807, 2.05) is 0 Å². The van der Waals surface area contributed by atoms with E-state index in [1.54, 1.807) is 28.2 Å². The Balaban J connectivity index is -0.000000142. The number of nitrogens with zero attached hydrogens (tertiary/aromatic N) is 1. The number of amides is 3. The van der Waals surface area contributed by atoms with Crippen LogP contribution in [-0.2, 0) is 4.79 Å². The standard InChI is InChI=1S/C4H10N2O.C2H5NO.CH4/c1-5-4(7)6(2)3;1-3-2-4;/h1-3H3,(H,5,7);2H,1H3,(H,3,4);1H4. The van der Waals surface area contributed by atoms with Crippen LogP contribution >= 0.6 is 0 Å². The van der Waals surface area contributed by atoms with Crippen molar-refractivity contribution in [1.29, 1.82) is 0 Å². The molecule has 3 amide bonds. The summed E-state index contributed by atoms with van der Waals surface area (Å²) in [7, 11) is 6.55. The van der Waals surface area contributed by atoms with Crippen LogP contribution < -0.4 is 10.6 Å². The first kappa shape index (κ1) is 17.0. The summed E-state index contributed by atoms with van der Waals surface area (Å²) in [5, 5.41) is 4.70. The summed E-state index contributed by atoms with van der Waals surface area (Å²) in [6.45, 7) is 0. The highest BCUT2D eigenvalue weighted by molar-refractivity contribution is 5.72. The minimum atomic E-state index is -0.0694. The zero-order valence-corrected chi connectivity index (χ0v) is 7.34. The van der Waals surface area contributed by atoms with Crippen molar-refractivity contribution in [2.45, 2.75) is 7.43 Å². The maximum absolute atomic E-state index is 10.3. The third-order valence-corrected chi connectivity index (χ3v) is 0.738. The van der Waals surface area contributed by atoms with Crippen molar-refractivity contribution in [3.63, 3.8) is 0 Å². The summed E-state index contributed by atoms with van der Waals surface area (Å²) >= 11 is 0. The van der Waals surface area contributed by atoms with E-state index >= 15 is 0 Å². The van der Waals surface area contributed by atoms with Crippen LogP contribution in [0.2, 0.25) is 0 Å². The van der Waals surface area contributed by atoms with E-state index in [0.29, 0.717) is 6.41 Å². The van der Waals surface area contributed by atoms with Crippen LogP contribution in [0, 0.1) is 0 Å². The summed E-state index contributed by atoms with van der Waals surface area (Å²) in [4.78, 5) is 20.9. The van der Waals surface area contributed by atoms with E-state index < -0.39 is 0 Å². The predicted octanol–water partition coefficient (Wildman–Crippen LogP) is -0.114. The minimum absolute atomic E-state index is 0. The number of hydrogen-bond donors (Lipinski definition) is 2. The molecular formula is C7H19N3O2. The normalized spacial score (nSPS) is 6.33. The van der Waals surface area contributed by atoms with Gasteiger partial charge in [0.25, 0.3) is 0 Å². The molecule has 5 nitrogen and oxygen atoms in total. The highest BCUT2D eigenvalue weighted by Crippen LogP contribution is 1.70. The van der Waals surface area contributed by atoms with Crippen LogP contribution in [0.5, 0.6) is 0 Å². The van der Waals surface area contributed by atoms with Crippen molar-refractivity contribution in [2.24, 2.45) is 0 Å². The molecule has 74 valence electrons. The molecule has 0 rings (SSSR count). The number of carbonyl (C=O) groups is 2. The quantitative estimate of drug-likeness (QED) is 0.549. The monoisotopic (exact) mass is 177 g/mol. The van der Waals surface area contributed by atoms with Gasteiger partial charge in [-0.2, -0.15) is 0 Å². The number of hydrogen-bond acceptors (Lipinski definition) is 2. The molecule has 0 aromatic carbocycles. The lowest BCUT2D eigenvalue weighted by Gasteiger charge is -2.06. The van der Waals surface area contributed by atoms with Crippen LogP contribution in [0.4, 0.5) is 4.79 Å². The fourth-order valence-corrected chi connectivity index (χ4v) is 0.224. The third-order valence-electron chi connectivity index (χ3n) is 0.738. The molecule has 0 aliphatic carbocycles. The predicted molar refractivity (Wildman–Crippen MR) is 50.0 cm³/mol. The van der Waals surface area contributed by atoms with Gasteiger partial charge in [-0.1, -0.05) is 7.43 Å². The van der Waals surface area contributed by atoms with Crippen molar-refractivity contribution in [3.05, 3.63) is 0 Å². The molecule has 0 atom stereocenters. The van der Waals surface area contributed by atoms with Gasteiger partial charge in [0.2, 0.25) is 6.41 Å². The third kappa shape index (κ3) is 15.9. The second kappa shape index (κ2) is 12.4. The van der Waals surface area contributed by atoms with Crippen LogP contribution in [0.25, 0.3) is 0 Å². The summed E-state index contributed by atoms with van der Waals surface area (Å²) in [6.07, 6.45) is 0.625. The zero-order chi connectivity index (χ0) is 9.28. The van der Waals surface area contributed by atoms with Gasteiger partial charge in [0.1, 0.15) is 0 Å². The molecule has 12 heavy (non-hydrogen) atoms. The molecule has 0 aliphatic heterocycles. The largest absolute Gasteiger partial charge is 0.362 e. The van der Waals surface area contributed by atoms with E-state index in [-0.39, 0.29) is 13.5 Å². The average molecular weight is 177 g/mol. The van der Waals surface area contributed by atoms with Gasteiger partial charge in [-0.3, -0.25) is 4.79 Å². The first-order valence-corrected chi connectivity index (χ1v) is 3.10. The van der Waals surface area contributed by atoms with Crippen LogP contribution in [-0.4, -0.2) is 45.5 Å². The molecule has 2 N–H and O–H groups in total. The van der Waals surface area contributed by atoms with Crippen molar-refractivity contribution in [3.8, 4) is 0 Å².